The Hall–Kier alpha value is -1.88. The first kappa shape index (κ1) is 10.6. The van der Waals surface area contributed by atoms with Gasteiger partial charge in [0.1, 0.15) is 6.10 Å². The SMILES string of the molecule is Cn1nc([C@@H](O)CC(=O)O)c2ccccc21. The Labute approximate surface area is 91.9 Å². The lowest BCUT2D eigenvalue weighted by atomic mass is 10.1. The zero-order valence-corrected chi connectivity index (χ0v) is 8.79. The quantitative estimate of drug-likeness (QED) is 0.811. The molecule has 2 N–H and O–H groups in total. The van der Waals surface area contributed by atoms with Crippen molar-refractivity contribution >= 4 is 16.9 Å². The Kier molecular flexibility index (Phi) is 2.62. The zero-order chi connectivity index (χ0) is 11.7. The van der Waals surface area contributed by atoms with Crippen LogP contribution in [0.15, 0.2) is 24.3 Å². The Balaban J connectivity index is 2.48. The monoisotopic (exact) mass is 220 g/mol. The van der Waals surface area contributed by atoms with E-state index in [1.807, 2.05) is 24.3 Å². The summed E-state index contributed by atoms with van der Waals surface area (Å²) in [5.41, 5.74) is 1.29. The van der Waals surface area contributed by atoms with Crippen molar-refractivity contribution in [1.29, 1.82) is 0 Å². The van der Waals surface area contributed by atoms with E-state index < -0.39 is 12.1 Å². The maximum Gasteiger partial charge on any atom is 0.306 e. The van der Waals surface area contributed by atoms with E-state index in [9.17, 15) is 9.90 Å². The van der Waals surface area contributed by atoms with Crippen LogP contribution in [0.4, 0.5) is 0 Å². The van der Waals surface area contributed by atoms with Crippen LogP contribution in [0.3, 0.4) is 0 Å². The number of aliphatic hydroxyl groups excluding tert-OH is 1. The van der Waals surface area contributed by atoms with Gasteiger partial charge in [0.15, 0.2) is 0 Å². The summed E-state index contributed by atoms with van der Waals surface area (Å²) in [4.78, 5) is 10.5. The zero-order valence-electron chi connectivity index (χ0n) is 8.79. The van der Waals surface area contributed by atoms with Gasteiger partial charge in [-0.15, -0.1) is 0 Å². The lowest BCUT2D eigenvalue weighted by Gasteiger charge is -2.04. The number of carboxylic acids is 1. The summed E-state index contributed by atoms with van der Waals surface area (Å²) >= 11 is 0. The van der Waals surface area contributed by atoms with Crippen molar-refractivity contribution < 1.29 is 15.0 Å². The largest absolute Gasteiger partial charge is 0.481 e. The molecule has 1 aromatic carbocycles. The van der Waals surface area contributed by atoms with Gasteiger partial charge in [-0.25, -0.2) is 0 Å². The van der Waals surface area contributed by atoms with Gasteiger partial charge >= 0.3 is 5.97 Å². The van der Waals surface area contributed by atoms with E-state index in [1.54, 1.807) is 11.7 Å². The Bertz CT molecular complexity index is 533. The third kappa shape index (κ3) is 1.77. The fourth-order valence-electron chi connectivity index (χ4n) is 1.75. The molecule has 1 heterocycles. The van der Waals surface area contributed by atoms with Crippen molar-refractivity contribution in [2.24, 2.45) is 7.05 Å². The second kappa shape index (κ2) is 3.94. The number of rotatable bonds is 3. The molecule has 0 saturated heterocycles. The van der Waals surface area contributed by atoms with Crippen molar-refractivity contribution in [3.05, 3.63) is 30.0 Å². The van der Waals surface area contributed by atoms with Crippen LogP contribution in [0.2, 0.25) is 0 Å². The molecule has 0 fully saturated rings. The van der Waals surface area contributed by atoms with Crippen LogP contribution < -0.4 is 0 Å². The van der Waals surface area contributed by atoms with Crippen molar-refractivity contribution in [2.75, 3.05) is 0 Å². The van der Waals surface area contributed by atoms with Gasteiger partial charge in [-0.2, -0.15) is 5.10 Å². The fraction of sp³-hybridized carbons (Fsp3) is 0.273. The molecule has 5 heteroatoms. The fourth-order valence-corrected chi connectivity index (χ4v) is 1.75. The minimum Gasteiger partial charge on any atom is -0.481 e. The average molecular weight is 220 g/mol. The Morgan fingerprint density at radius 2 is 2.19 bits per heavy atom. The number of para-hydroxylation sites is 1. The molecule has 2 aromatic rings. The number of carboxylic acid groups (broad SMARTS) is 1. The number of hydrogen-bond donors (Lipinski definition) is 2. The molecule has 0 amide bonds. The predicted molar refractivity (Wildman–Crippen MR) is 57.9 cm³/mol. The molecular weight excluding hydrogens is 208 g/mol. The molecule has 0 saturated carbocycles. The number of aryl methyl sites for hydroxylation is 1. The van der Waals surface area contributed by atoms with E-state index in [-0.39, 0.29) is 6.42 Å². The minimum atomic E-state index is -1.07. The smallest absolute Gasteiger partial charge is 0.306 e. The van der Waals surface area contributed by atoms with Crippen molar-refractivity contribution in [3.8, 4) is 0 Å². The van der Waals surface area contributed by atoms with Crippen LogP contribution in [0, 0.1) is 0 Å². The van der Waals surface area contributed by atoms with E-state index >= 15 is 0 Å². The van der Waals surface area contributed by atoms with Gasteiger partial charge in [-0.3, -0.25) is 9.48 Å². The molecular formula is C11H12N2O3. The molecule has 1 atom stereocenters. The molecule has 0 spiro atoms. The standard InChI is InChI=1S/C11H12N2O3/c1-13-8-5-3-2-4-7(8)11(12-13)9(14)6-10(15)16/h2-5,9,14H,6H2,1H3,(H,15,16)/t9-/m0/s1. The molecule has 2 rings (SSSR count). The predicted octanol–water partition coefficient (Wildman–Crippen LogP) is 1.08. The molecule has 0 radical (unpaired) electrons. The lowest BCUT2D eigenvalue weighted by Crippen LogP contribution is -2.06. The number of fused-ring (bicyclic) bond motifs is 1. The van der Waals surface area contributed by atoms with Crippen LogP contribution in [-0.2, 0) is 11.8 Å². The lowest BCUT2D eigenvalue weighted by molar-refractivity contribution is -0.139. The molecule has 16 heavy (non-hydrogen) atoms. The summed E-state index contributed by atoms with van der Waals surface area (Å²) in [6.45, 7) is 0. The van der Waals surface area contributed by atoms with Gasteiger partial charge in [0.25, 0.3) is 0 Å². The molecule has 5 nitrogen and oxygen atoms in total. The average Bonchev–Trinajstić information content (AvgIpc) is 2.56. The van der Waals surface area contributed by atoms with Crippen molar-refractivity contribution in [2.45, 2.75) is 12.5 Å². The number of aliphatic carboxylic acids is 1. The van der Waals surface area contributed by atoms with Gasteiger partial charge < -0.3 is 10.2 Å². The summed E-state index contributed by atoms with van der Waals surface area (Å²) in [7, 11) is 1.76. The first-order valence-corrected chi connectivity index (χ1v) is 4.91. The van der Waals surface area contributed by atoms with Crippen LogP contribution in [0.25, 0.3) is 10.9 Å². The van der Waals surface area contributed by atoms with E-state index in [2.05, 4.69) is 5.10 Å². The summed E-state index contributed by atoms with van der Waals surface area (Å²) in [6, 6.07) is 7.40. The highest BCUT2D eigenvalue weighted by atomic mass is 16.4. The Morgan fingerprint density at radius 1 is 1.50 bits per heavy atom. The van der Waals surface area contributed by atoms with Gasteiger partial charge in [-0.1, -0.05) is 18.2 Å². The second-order valence-electron chi connectivity index (χ2n) is 3.64. The molecule has 0 aliphatic rings. The molecule has 0 unspecified atom stereocenters. The highest BCUT2D eigenvalue weighted by Crippen LogP contribution is 2.24. The maximum absolute atomic E-state index is 10.5. The Morgan fingerprint density at radius 3 is 2.88 bits per heavy atom. The van der Waals surface area contributed by atoms with Gasteiger partial charge in [0.05, 0.1) is 17.6 Å². The number of hydrogen-bond acceptors (Lipinski definition) is 3. The van der Waals surface area contributed by atoms with E-state index in [0.717, 1.165) is 10.9 Å². The first-order valence-electron chi connectivity index (χ1n) is 4.91. The molecule has 84 valence electrons. The number of carbonyl (C=O) groups is 1. The van der Waals surface area contributed by atoms with Crippen molar-refractivity contribution in [3.63, 3.8) is 0 Å². The van der Waals surface area contributed by atoms with E-state index in [0.29, 0.717) is 5.69 Å². The van der Waals surface area contributed by atoms with Gasteiger partial charge in [0, 0.05) is 12.4 Å². The highest BCUT2D eigenvalue weighted by molar-refractivity contribution is 5.82. The van der Waals surface area contributed by atoms with Crippen LogP contribution in [0.5, 0.6) is 0 Å². The third-order valence-corrected chi connectivity index (χ3v) is 2.47. The number of benzene rings is 1. The molecule has 0 bridgehead atoms. The van der Waals surface area contributed by atoms with E-state index in [1.165, 1.54) is 0 Å². The molecule has 0 aliphatic carbocycles. The normalized spacial score (nSPS) is 12.9. The number of aliphatic hydroxyl groups is 1. The maximum atomic E-state index is 10.5. The highest BCUT2D eigenvalue weighted by Gasteiger charge is 2.18. The minimum absolute atomic E-state index is 0.332. The van der Waals surface area contributed by atoms with Crippen LogP contribution in [-0.4, -0.2) is 26.0 Å². The summed E-state index contributed by atoms with van der Waals surface area (Å²) in [5.74, 6) is -1.04. The first-order chi connectivity index (χ1) is 7.59. The van der Waals surface area contributed by atoms with Gasteiger partial charge in [-0.05, 0) is 6.07 Å². The number of nitrogens with zero attached hydrogens (tertiary/aromatic N) is 2. The van der Waals surface area contributed by atoms with Crippen LogP contribution >= 0.6 is 0 Å². The van der Waals surface area contributed by atoms with E-state index in [4.69, 9.17) is 5.11 Å². The third-order valence-electron chi connectivity index (χ3n) is 2.47. The second-order valence-corrected chi connectivity index (χ2v) is 3.64. The van der Waals surface area contributed by atoms with Crippen LogP contribution in [0.1, 0.15) is 18.2 Å². The summed E-state index contributed by atoms with van der Waals surface area (Å²) in [5, 5.41) is 23.3. The number of aromatic nitrogens is 2. The summed E-state index contributed by atoms with van der Waals surface area (Å²) < 4.78 is 1.63. The molecule has 0 aliphatic heterocycles. The van der Waals surface area contributed by atoms with Crippen molar-refractivity contribution in [1.82, 2.24) is 9.78 Å². The van der Waals surface area contributed by atoms with Gasteiger partial charge in [0.2, 0.25) is 0 Å². The molecule has 1 aromatic heterocycles. The summed E-state index contributed by atoms with van der Waals surface area (Å²) in [6.07, 6.45) is -1.40. The topological polar surface area (TPSA) is 75.3 Å².